The molecule has 2 heterocycles. The zero-order valence-electron chi connectivity index (χ0n) is 10.2. The summed E-state index contributed by atoms with van der Waals surface area (Å²) in [4.78, 5) is 14.1. The molecule has 3 nitrogen and oxygen atoms in total. The monoisotopic (exact) mass is 221 g/mol. The second-order valence-electron chi connectivity index (χ2n) is 5.09. The summed E-state index contributed by atoms with van der Waals surface area (Å²) in [6.45, 7) is 8.01. The molecule has 1 fully saturated rings. The van der Waals surface area contributed by atoms with Crippen LogP contribution in [-0.2, 0) is 0 Å². The van der Waals surface area contributed by atoms with Crippen LogP contribution >= 0.6 is 0 Å². The molecule has 0 radical (unpaired) electrons. The van der Waals surface area contributed by atoms with Gasteiger partial charge >= 0.3 is 0 Å². The highest BCUT2D eigenvalue weighted by molar-refractivity contribution is 5.92. The number of hydrogen-bond donors (Lipinski definition) is 0. The molecule has 0 saturated carbocycles. The minimum absolute atomic E-state index is 0.0425. The van der Waals surface area contributed by atoms with Gasteiger partial charge in [0.05, 0.1) is 6.26 Å². The van der Waals surface area contributed by atoms with Gasteiger partial charge in [0.15, 0.2) is 5.76 Å². The molecular weight excluding hydrogens is 202 g/mol. The summed E-state index contributed by atoms with van der Waals surface area (Å²) in [6.07, 6.45) is 2.79. The van der Waals surface area contributed by atoms with Crippen LogP contribution in [-0.4, -0.2) is 23.9 Å². The molecule has 1 aliphatic rings. The quantitative estimate of drug-likeness (QED) is 0.730. The number of piperidine rings is 1. The topological polar surface area (TPSA) is 33.5 Å². The molecule has 88 valence electrons. The molecule has 0 aromatic carbocycles. The Hall–Kier alpha value is -1.25. The minimum atomic E-state index is 0.0425. The Bertz CT molecular complexity index is 373. The second kappa shape index (κ2) is 4.32. The van der Waals surface area contributed by atoms with Gasteiger partial charge in [0.2, 0.25) is 0 Å². The number of hydrogen-bond acceptors (Lipinski definition) is 2. The van der Waals surface area contributed by atoms with Crippen molar-refractivity contribution < 1.29 is 9.21 Å². The van der Waals surface area contributed by atoms with Gasteiger partial charge in [-0.25, -0.2) is 0 Å². The van der Waals surface area contributed by atoms with E-state index in [1.807, 2.05) is 17.9 Å². The first-order valence-corrected chi connectivity index (χ1v) is 5.91. The van der Waals surface area contributed by atoms with Crippen LogP contribution in [0.1, 0.15) is 36.4 Å². The highest BCUT2D eigenvalue weighted by Crippen LogP contribution is 2.23. The summed E-state index contributed by atoms with van der Waals surface area (Å²) < 4.78 is 5.26. The van der Waals surface area contributed by atoms with E-state index in [4.69, 9.17) is 4.42 Å². The molecule has 0 N–H and O–H groups in total. The fraction of sp³-hybridized carbons (Fsp3) is 0.615. The Balaban J connectivity index is 2.13. The van der Waals surface area contributed by atoms with Crippen molar-refractivity contribution in [3.8, 4) is 0 Å². The van der Waals surface area contributed by atoms with E-state index < -0.39 is 0 Å². The van der Waals surface area contributed by atoms with E-state index in [2.05, 4.69) is 13.8 Å². The van der Waals surface area contributed by atoms with Crippen molar-refractivity contribution >= 4 is 5.91 Å². The van der Waals surface area contributed by atoms with Crippen molar-refractivity contribution in [3.63, 3.8) is 0 Å². The summed E-state index contributed by atoms with van der Waals surface area (Å²) >= 11 is 0. The first-order chi connectivity index (χ1) is 7.58. The fourth-order valence-corrected chi connectivity index (χ4v) is 2.56. The average molecular weight is 221 g/mol. The standard InChI is InChI=1S/C13H19NO2/c1-9-6-10(2)8-14(7-9)13(15)12-11(3)4-5-16-12/h4-5,9-10H,6-8H2,1-3H3. The van der Waals surface area contributed by atoms with E-state index in [0.29, 0.717) is 17.6 Å². The van der Waals surface area contributed by atoms with Gasteiger partial charge in [0.25, 0.3) is 5.91 Å². The van der Waals surface area contributed by atoms with E-state index in [0.717, 1.165) is 18.7 Å². The summed E-state index contributed by atoms with van der Waals surface area (Å²) in [7, 11) is 0. The summed E-state index contributed by atoms with van der Waals surface area (Å²) in [6, 6.07) is 1.84. The van der Waals surface area contributed by atoms with Crippen molar-refractivity contribution in [1.29, 1.82) is 0 Å². The van der Waals surface area contributed by atoms with Crippen molar-refractivity contribution in [2.75, 3.05) is 13.1 Å². The third-order valence-corrected chi connectivity index (χ3v) is 3.21. The van der Waals surface area contributed by atoms with Crippen LogP contribution in [0.15, 0.2) is 16.7 Å². The molecule has 3 heteroatoms. The van der Waals surface area contributed by atoms with E-state index in [9.17, 15) is 4.79 Å². The van der Waals surface area contributed by atoms with Gasteiger partial charge in [-0.3, -0.25) is 4.79 Å². The van der Waals surface area contributed by atoms with Gasteiger partial charge < -0.3 is 9.32 Å². The van der Waals surface area contributed by atoms with Gasteiger partial charge in [-0.2, -0.15) is 0 Å². The van der Waals surface area contributed by atoms with Crippen LogP contribution in [0.25, 0.3) is 0 Å². The maximum atomic E-state index is 12.2. The van der Waals surface area contributed by atoms with E-state index in [1.165, 1.54) is 6.42 Å². The smallest absolute Gasteiger partial charge is 0.289 e. The Morgan fingerprint density at radius 1 is 1.38 bits per heavy atom. The average Bonchev–Trinajstić information content (AvgIpc) is 2.62. The fourth-order valence-electron chi connectivity index (χ4n) is 2.56. The Morgan fingerprint density at radius 2 is 2.00 bits per heavy atom. The molecule has 1 aliphatic heterocycles. The molecule has 0 aliphatic carbocycles. The van der Waals surface area contributed by atoms with Gasteiger partial charge in [0.1, 0.15) is 0 Å². The van der Waals surface area contributed by atoms with E-state index in [-0.39, 0.29) is 5.91 Å². The van der Waals surface area contributed by atoms with Crippen LogP contribution in [0.5, 0.6) is 0 Å². The van der Waals surface area contributed by atoms with Gasteiger partial charge in [0, 0.05) is 18.7 Å². The molecule has 0 bridgehead atoms. The van der Waals surface area contributed by atoms with Crippen molar-refractivity contribution in [1.82, 2.24) is 4.90 Å². The van der Waals surface area contributed by atoms with Crippen LogP contribution in [0.3, 0.4) is 0 Å². The third-order valence-electron chi connectivity index (χ3n) is 3.21. The third kappa shape index (κ3) is 2.13. The lowest BCUT2D eigenvalue weighted by Gasteiger charge is -2.34. The predicted octanol–water partition coefficient (Wildman–Crippen LogP) is 2.71. The van der Waals surface area contributed by atoms with Crippen LogP contribution in [0.2, 0.25) is 0 Å². The number of carbonyl (C=O) groups excluding carboxylic acids is 1. The highest BCUT2D eigenvalue weighted by atomic mass is 16.3. The normalized spacial score (nSPS) is 25.8. The number of likely N-dealkylation sites (tertiary alicyclic amines) is 1. The van der Waals surface area contributed by atoms with Crippen LogP contribution < -0.4 is 0 Å². The Labute approximate surface area is 96.4 Å². The molecule has 1 aromatic heterocycles. The summed E-state index contributed by atoms with van der Waals surface area (Å²) in [5, 5.41) is 0. The number of furan rings is 1. The molecule has 2 rings (SSSR count). The van der Waals surface area contributed by atoms with E-state index in [1.54, 1.807) is 6.26 Å². The maximum absolute atomic E-state index is 12.2. The van der Waals surface area contributed by atoms with Gasteiger partial charge in [-0.1, -0.05) is 13.8 Å². The first-order valence-electron chi connectivity index (χ1n) is 5.91. The predicted molar refractivity (Wildman–Crippen MR) is 62.3 cm³/mol. The largest absolute Gasteiger partial charge is 0.459 e. The van der Waals surface area contributed by atoms with E-state index >= 15 is 0 Å². The van der Waals surface area contributed by atoms with Crippen molar-refractivity contribution in [2.24, 2.45) is 11.8 Å². The lowest BCUT2D eigenvalue weighted by atomic mass is 9.92. The van der Waals surface area contributed by atoms with Crippen molar-refractivity contribution in [2.45, 2.75) is 27.2 Å². The van der Waals surface area contributed by atoms with Crippen molar-refractivity contribution in [3.05, 3.63) is 23.7 Å². The van der Waals surface area contributed by atoms with Crippen LogP contribution in [0.4, 0.5) is 0 Å². The molecule has 1 aromatic rings. The zero-order chi connectivity index (χ0) is 11.7. The number of aryl methyl sites for hydroxylation is 1. The first kappa shape index (κ1) is 11.2. The maximum Gasteiger partial charge on any atom is 0.289 e. The summed E-state index contributed by atoms with van der Waals surface area (Å²) in [5.74, 6) is 1.72. The molecule has 16 heavy (non-hydrogen) atoms. The molecule has 0 spiro atoms. The lowest BCUT2D eigenvalue weighted by molar-refractivity contribution is 0.0590. The van der Waals surface area contributed by atoms with Gasteiger partial charge in [-0.05, 0) is 31.2 Å². The summed E-state index contributed by atoms with van der Waals surface area (Å²) in [5.41, 5.74) is 0.927. The lowest BCUT2D eigenvalue weighted by Crippen LogP contribution is -2.42. The van der Waals surface area contributed by atoms with Gasteiger partial charge in [-0.15, -0.1) is 0 Å². The zero-order valence-corrected chi connectivity index (χ0v) is 10.2. The minimum Gasteiger partial charge on any atom is -0.459 e. The molecule has 1 saturated heterocycles. The second-order valence-corrected chi connectivity index (χ2v) is 5.09. The molecule has 1 amide bonds. The molecule has 2 unspecified atom stereocenters. The number of carbonyl (C=O) groups is 1. The number of nitrogens with zero attached hydrogens (tertiary/aromatic N) is 1. The Morgan fingerprint density at radius 3 is 2.50 bits per heavy atom. The number of amides is 1. The number of rotatable bonds is 1. The molecular formula is C13H19NO2. The molecule has 2 atom stereocenters. The SMILES string of the molecule is Cc1ccoc1C(=O)N1CC(C)CC(C)C1. The Kier molecular flexibility index (Phi) is 3.03. The van der Waals surface area contributed by atoms with Crippen LogP contribution in [0, 0.1) is 18.8 Å². The highest BCUT2D eigenvalue weighted by Gasteiger charge is 2.28.